The van der Waals surface area contributed by atoms with Crippen LogP contribution in [0.2, 0.25) is 5.02 Å². The molecule has 0 saturated carbocycles. The summed E-state index contributed by atoms with van der Waals surface area (Å²) in [5, 5.41) is 14.8. The summed E-state index contributed by atoms with van der Waals surface area (Å²) in [7, 11) is 2.07. The van der Waals surface area contributed by atoms with Gasteiger partial charge in [-0.15, -0.1) is 10.2 Å². The number of hydrogen-bond donors (Lipinski definition) is 0. The topological polar surface area (TPSA) is 46.3 Å². The van der Waals surface area contributed by atoms with Gasteiger partial charge in [-0.2, -0.15) is 9.61 Å². The summed E-state index contributed by atoms with van der Waals surface area (Å²) in [6.07, 6.45) is 0. The Morgan fingerprint density at radius 3 is 2.68 bits per heavy atom. The third kappa shape index (κ3) is 3.56. The van der Waals surface area contributed by atoms with Crippen molar-refractivity contribution in [2.75, 3.05) is 7.05 Å². The molecular formula is C18H16ClN5S. The number of fused-ring (bicyclic) bond motifs is 1. The van der Waals surface area contributed by atoms with Crippen LogP contribution in [0.1, 0.15) is 11.4 Å². The molecule has 0 saturated heterocycles. The number of rotatable bonds is 5. The second-order valence-electron chi connectivity index (χ2n) is 5.89. The molecule has 126 valence electrons. The average Bonchev–Trinajstić information content (AvgIpc) is 3.18. The Balaban J connectivity index is 1.56. The molecular weight excluding hydrogens is 354 g/mol. The van der Waals surface area contributed by atoms with Gasteiger partial charge in [-0.3, -0.25) is 4.90 Å². The lowest BCUT2D eigenvalue weighted by Gasteiger charge is -2.14. The lowest BCUT2D eigenvalue weighted by molar-refractivity contribution is 0.308. The van der Waals surface area contributed by atoms with Gasteiger partial charge in [0.25, 0.3) is 0 Å². The van der Waals surface area contributed by atoms with E-state index in [-0.39, 0.29) is 0 Å². The second-order valence-corrected chi connectivity index (χ2v) is 7.28. The monoisotopic (exact) mass is 369 g/mol. The Morgan fingerprint density at radius 2 is 1.88 bits per heavy atom. The van der Waals surface area contributed by atoms with Crippen LogP contribution in [0.4, 0.5) is 0 Å². The predicted molar refractivity (Wildman–Crippen MR) is 101 cm³/mol. The van der Waals surface area contributed by atoms with Crippen molar-refractivity contribution in [1.29, 1.82) is 0 Å². The van der Waals surface area contributed by atoms with Gasteiger partial charge in [0.1, 0.15) is 5.01 Å². The van der Waals surface area contributed by atoms with Crippen molar-refractivity contribution < 1.29 is 0 Å². The van der Waals surface area contributed by atoms with Gasteiger partial charge in [0, 0.05) is 17.1 Å². The molecule has 2 aromatic carbocycles. The van der Waals surface area contributed by atoms with Gasteiger partial charge in [-0.05, 0) is 24.7 Å². The Labute approximate surface area is 154 Å². The first kappa shape index (κ1) is 16.2. The van der Waals surface area contributed by atoms with Crippen LogP contribution in [0.5, 0.6) is 0 Å². The summed E-state index contributed by atoms with van der Waals surface area (Å²) in [4.78, 5) is 2.99. The number of nitrogens with zero attached hydrogens (tertiary/aromatic N) is 5. The highest BCUT2D eigenvalue weighted by Gasteiger charge is 2.14. The fourth-order valence-electron chi connectivity index (χ4n) is 2.69. The molecule has 0 unspecified atom stereocenters. The first-order chi connectivity index (χ1) is 12.2. The van der Waals surface area contributed by atoms with E-state index in [0.717, 1.165) is 27.9 Å². The largest absolute Gasteiger partial charge is 0.295 e. The molecule has 0 aliphatic rings. The van der Waals surface area contributed by atoms with Crippen LogP contribution < -0.4 is 0 Å². The Kier molecular flexibility index (Phi) is 4.48. The Morgan fingerprint density at radius 1 is 1.04 bits per heavy atom. The summed E-state index contributed by atoms with van der Waals surface area (Å²) >= 11 is 7.59. The summed E-state index contributed by atoms with van der Waals surface area (Å²) in [5.74, 6) is 0.831. The molecule has 0 aliphatic heterocycles. The van der Waals surface area contributed by atoms with E-state index in [1.807, 2.05) is 34.8 Å². The maximum atomic E-state index is 6.08. The molecule has 25 heavy (non-hydrogen) atoms. The number of aromatic nitrogens is 4. The zero-order valence-electron chi connectivity index (χ0n) is 13.6. The van der Waals surface area contributed by atoms with Crippen molar-refractivity contribution >= 4 is 27.9 Å². The molecule has 0 atom stereocenters. The number of hydrogen-bond acceptors (Lipinski definition) is 5. The second kappa shape index (κ2) is 6.92. The maximum absolute atomic E-state index is 6.08. The van der Waals surface area contributed by atoms with Crippen LogP contribution in [-0.4, -0.2) is 31.8 Å². The first-order valence-electron chi connectivity index (χ1n) is 7.88. The molecule has 4 rings (SSSR count). The van der Waals surface area contributed by atoms with Crippen molar-refractivity contribution in [1.82, 2.24) is 24.7 Å². The molecule has 0 bridgehead atoms. The summed E-state index contributed by atoms with van der Waals surface area (Å²) < 4.78 is 1.82. The Hall–Kier alpha value is -2.28. The highest BCUT2D eigenvalue weighted by molar-refractivity contribution is 7.19. The van der Waals surface area contributed by atoms with E-state index in [0.29, 0.717) is 11.6 Å². The molecule has 0 spiro atoms. The predicted octanol–water partition coefficient (Wildman–Crippen LogP) is 4.14. The standard InChI is InChI=1S/C18H16ClN5S/c1-23(11-13-6-3-2-4-7-13)12-16-20-21-18-24(16)22-17(25-18)14-8-5-9-15(19)10-14/h2-10H,11-12H2,1H3. The van der Waals surface area contributed by atoms with Crippen LogP contribution in [-0.2, 0) is 13.1 Å². The third-order valence-corrected chi connectivity index (χ3v) is 5.02. The van der Waals surface area contributed by atoms with Crippen LogP contribution in [0.25, 0.3) is 15.5 Å². The highest BCUT2D eigenvalue weighted by atomic mass is 35.5. The molecule has 7 heteroatoms. The smallest absolute Gasteiger partial charge is 0.235 e. The van der Waals surface area contributed by atoms with Gasteiger partial charge in [0.2, 0.25) is 4.96 Å². The van der Waals surface area contributed by atoms with Crippen LogP contribution in [0, 0.1) is 0 Å². The van der Waals surface area contributed by atoms with E-state index in [1.54, 1.807) is 0 Å². The van der Waals surface area contributed by atoms with Gasteiger partial charge in [0.15, 0.2) is 5.82 Å². The van der Waals surface area contributed by atoms with Crippen molar-refractivity contribution in [2.45, 2.75) is 13.1 Å². The van der Waals surface area contributed by atoms with Crippen molar-refractivity contribution in [3.8, 4) is 10.6 Å². The van der Waals surface area contributed by atoms with E-state index in [4.69, 9.17) is 11.6 Å². The molecule has 0 aliphatic carbocycles. The first-order valence-corrected chi connectivity index (χ1v) is 9.08. The van der Waals surface area contributed by atoms with Gasteiger partial charge in [0.05, 0.1) is 6.54 Å². The molecule has 2 heterocycles. The van der Waals surface area contributed by atoms with E-state index >= 15 is 0 Å². The highest BCUT2D eigenvalue weighted by Crippen LogP contribution is 2.27. The molecule has 5 nitrogen and oxygen atoms in total. The van der Waals surface area contributed by atoms with E-state index in [9.17, 15) is 0 Å². The minimum atomic E-state index is 0.675. The van der Waals surface area contributed by atoms with Gasteiger partial charge < -0.3 is 0 Å². The van der Waals surface area contributed by atoms with Crippen molar-refractivity contribution in [3.05, 3.63) is 71.0 Å². The number of halogens is 1. The third-order valence-electron chi connectivity index (χ3n) is 3.83. The van der Waals surface area contributed by atoms with E-state index in [1.165, 1.54) is 16.9 Å². The fourth-order valence-corrected chi connectivity index (χ4v) is 3.73. The van der Waals surface area contributed by atoms with Crippen LogP contribution in [0.15, 0.2) is 54.6 Å². The fraction of sp³-hybridized carbons (Fsp3) is 0.167. The van der Waals surface area contributed by atoms with Crippen LogP contribution >= 0.6 is 22.9 Å². The van der Waals surface area contributed by atoms with Gasteiger partial charge >= 0.3 is 0 Å². The summed E-state index contributed by atoms with van der Waals surface area (Å²) in [6, 6.07) is 18.1. The molecule has 0 N–H and O–H groups in total. The number of benzene rings is 2. The summed E-state index contributed by atoms with van der Waals surface area (Å²) in [5.41, 5.74) is 2.26. The van der Waals surface area contributed by atoms with Crippen molar-refractivity contribution in [2.24, 2.45) is 0 Å². The molecule has 0 amide bonds. The lowest BCUT2D eigenvalue weighted by Crippen LogP contribution is -2.19. The lowest BCUT2D eigenvalue weighted by atomic mass is 10.2. The molecule has 2 aromatic heterocycles. The van der Waals surface area contributed by atoms with E-state index < -0.39 is 0 Å². The van der Waals surface area contributed by atoms with Gasteiger partial charge in [-0.1, -0.05) is 65.4 Å². The molecule has 4 aromatic rings. The molecule has 0 fully saturated rings. The van der Waals surface area contributed by atoms with Gasteiger partial charge in [-0.25, -0.2) is 0 Å². The summed E-state index contributed by atoms with van der Waals surface area (Å²) in [6.45, 7) is 1.52. The minimum absolute atomic E-state index is 0.675. The quantitative estimate of drug-likeness (QED) is 0.530. The zero-order chi connectivity index (χ0) is 17.2. The van der Waals surface area contributed by atoms with Crippen LogP contribution in [0.3, 0.4) is 0 Å². The SMILES string of the molecule is CN(Cc1ccccc1)Cc1nnc2sc(-c3cccc(Cl)c3)nn12. The van der Waals surface area contributed by atoms with Crippen molar-refractivity contribution in [3.63, 3.8) is 0 Å². The van der Waals surface area contributed by atoms with E-state index in [2.05, 4.69) is 51.5 Å². The normalized spacial score (nSPS) is 11.5. The maximum Gasteiger partial charge on any atom is 0.235 e. The average molecular weight is 370 g/mol. The minimum Gasteiger partial charge on any atom is -0.295 e. The molecule has 0 radical (unpaired) electrons. The zero-order valence-corrected chi connectivity index (χ0v) is 15.2. The Bertz CT molecular complexity index is 995.